The molecule has 28 heavy (non-hydrogen) atoms. The van der Waals surface area contributed by atoms with Crippen LogP contribution in [0.15, 0.2) is 18.2 Å². The van der Waals surface area contributed by atoms with Gasteiger partial charge >= 0.3 is 0 Å². The van der Waals surface area contributed by atoms with E-state index in [1.807, 2.05) is 0 Å². The number of sulfonamides is 1. The maximum Gasteiger partial charge on any atom is 0.256 e. The topological polar surface area (TPSA) is 86.8 Å². The predicted octanol–water partition coefficient (Wildman–Crippen LogP) is 2.14. The number of likely N-dealkylation sites (tertiary alicyclic amines) is 1. The third-order valence-electron chi connectivity index (χ3n) is 5.24. The molecule has 1 N–H and O–H groups in total. The highest BCUT2D eigenvalue weighted by molar-refractivity contribution is 7.88. The zero-order chi connectivity index (χ0) is 20.5. The summed E-state index contributed by atoms with van der Waals surface area (Å²) < 4.78 is 24.6. The van der Waals surface area contributed by atoms with Crippen molar-refractivity contribution in [1.29, 1.82) is 0 Å². The van der Waals surface area contributed by atoms with Crippen molar-refractivity contribution in [3.63, 3.8) is 0 Å². The first-order valence-electron chi connectivity index (χ1n) is 9.18. The van der Waals surface area contributed by atoms with Gasteiger partial charge in [0.15, 0.2) is 0 Å². The van der Waals surface area contributed by atoms with E-state index in [0.29, 0.717) is 48.9 Å². The Morgan fingerprint density at radius 3 is 2.43 bits per heavy atom. The zero-order valence-corrected chi connectivity index (χ0v) is 17.9. The van der Waals surface area contributed by atoms with E-state index in [2.05, 4.69) is 5.32 Å². The number of rotatable bonds is 4. The number of hydrogen-bond acceptors (Lipinski definition) is 4. The molecule has 1 aromatic carbocycles. The van der Waals surface area contributed by atoms with Gasteiger partial charge in [0.25, 0.3) is 5.91 Å². The lowest BCUT2D eigenvalue weighted by atomic mass is 10.1. The Morgan fingerprint density at radius 2 is 1.79 bits per heavy atom. The van der Waals surface area contributed by atoms with Crippen LogP contribution in [0.4, 0.5) is 0 Å². The molecule has 0 bridgehead atoms. The van der Waals surface area contributed by atoms with Gasteiger partial charge in [0.05, 0.1) is 16.8 Å². The third kappa shape index (κ3) is 4.79. The molecule has 2 aliphatic heterocycles. The highest BCUT2D eigenvalue weighted by atomic mass is 35.5. The van der Waals surface area contributed by atoms with Crippen LogP contribution < -0.4 is 5.32 Å². The quantitative estimate of drug-likeness (QED) is 0.765. The molecule has 1 atom stereocenters. The monoisotopic (exact) mass is 447 g/mol. The minimum atomic E-state index is -3.21. The van der Waals surface area contributed by atoms with Gasteiger partial charge in [-0.25, -0.2) is 12.7 Å². The van der Waals surface area contributed by atoms with Crippen molar-refractivity contribution in [3.05, 3.63) is 33.8 Å². The molecular formula is C18H23Cl2N3O4S. The highest BCUT2D eigenvalue weighted by Crippen LogP contribution is 2.26. The molecule has 7 nitrogen and oxygen atoms in total. The lowest BCUT2D eigenvalue weighted by Crippen LogP contribution is -2.52. The van der Waals surface area contributed by atoms with Crippen LogP contribution in [0.1, 0.15) is 36.0 Å². The first-order valence-corrected chi connectivity index (χ1v) is 11.8. The van der Waals surface area contributed by atoms with E-state index < -0.39 is 16.1 Å². The number of hydrogen-bond donors (Lipinski definition) is 1. The number of nitrogens with one attached hydrogen (secondary N) is 1. The minimum Gasteiger partial charge on any atom is -0.351 e. The largest absolute Gasteiger partial charge is 0.351 e. The number of nitrogens with zero attached hydrogens (tertiary/aromatic N) is 2. The van der Waals surface area contributed by atoms with Crippen LogP contribution in [0, 0.1) is 0 Å². The molecule has 2 aliphatic rings. The fourth-order valence-electron chi connectivity index (χ4n) is 3.73. The molecule has 2 saturated heterocycles. The summed E-state index contributed by atoms with van der Waals surface area (Å²) in [7, 11) is -3.21. The number of piperidine rings is 1. The summed E-state index contributed by atoms with van der Waals surface area (Å²) >= 11 is 12.1. The summed E-state index contributed by atoms with van der Waals surface area (Å²) in [6.07, 6.45) is 3.61. The van der Waals surface area contributed by atoms with Crippen molar-refractivity contribution in [1.82, 2.24) is 14.5 Å². The lowest BCUT2D eigenvalue weighted by Gasteiger charge is -2.32. The number of amides is 2. The molecule has 0 spiro atoms. The van der Waals surface area contributed by atoms with Crippen molar-refractivity contribution in [3.8, 4) is 0 Å². The van der Waals surface area contributed by atoms with Crippen LogP contribution in [0.5, 0.6) is 0 Å². The number of benzene rings is 1. The molecular weight excluding hydrogens is 425 g/mol. The molecule has 2 fully saturated rings. The summed E-state index contributed by atoms with van der Waals surface area (Å²) in [5, 5.41) is 3.69. The van der Waals surface area contributed by atoms with Crippen LogP contribution in [0.2, 0.25) is 10.0 Å². The van der Waals surface area contributed by atoms with Gasteiger partial charge in [-0.2, -0.15) is 0 Å². The van der Waals surface area contributed by atoms with Crippen molar-refractivity contribution in [2.75, 3.05) is 25.9 Å². The van der Waals surface area contributed by atoms with E-state index in [1.165, 1.54) is 16.6 Å². The lowest BCUT2D eigenvalue weighted by molar-refractivity contribution is -0.125. The Labute approximate surface area is 175 Å². The molecule has 0 saturated carbocycles. The van der Waals surface area contributed by atoms with Gasteiger partial charge < -0.3 is 10.2 Å². The fraction of sp³-hybridized carbons (Fsp3) is 0.556. The van der Waals surface area contributed by atoms with E-state index in [0.717, 1.165) is 6.42 Å². The van der Waals surface area contributed by atoms with Gasteiger partial charge in [0.2, 0.25) is 15.9 Å². The smallest absolute Gasteiger partial charge is 0.256 e. The Balaban J connectivity index is 1.64. The first kappa shape index (κ1) is 21.4. The molecule has 0 radical (unpaired) electrons. The zero-order valence-electron chi connectivity index (χ0n) is 15.5. The molecule has 2 heterocycles. The van der Waals surface area contributed by atoms with Gasteiger partial charge in [-0.15, -0.1) is 0 Å². The Bertz CT molecular complexity index is 870. The summed E-state index contributed by atoms with van der Waals surface area (Å²) in [5.74, 6) is -0.515. The predicted molar refractivity (Wildman–Crippen MR) is 108 cm³/mol. The van der Waals surface area contributed by atoms with Crippen molar-refractivity contribution in [2.24, 2.45) is 0 Å². The van der Waals surface area contributed by atoms with E-state index in [-0.39, 0.29) is 23.4 Å². The Morgan fingerprint density at radius 1 is 1.11 bits per heavy atom. The van der Waals surface area contributed by atoms with Gasteiger partial charge in [-0.1, -0.05) is 23.2 Å². The number of carbonyl (C=O) groups excluding carboxylic acids is 2. The van der Waals surface area contributed by atoms with Crippen LogP contribution >= 0.6 is 23.2 Å². The van der Waals surface area contributed by atoms with Crippen LogP contribution in [-0.2, 0) is 14.8 Å². The van der Waals surface area contributed by atoms with E-state index in [1.54, 1.807) is 17.0 Å². The average Bonchev–Trinajstić information content (AvgIpc) is 3.13. The first-order chi connectivity index (χ1) is 13.2. The molecule has 1 unspecified atom stereocenters. The van der Waals surface area contributed by atoms with Crippen LogP contribution in [0.25, 0.3) is 0 Å². The molecule has 0 aliphatic carbocycles. The van der Waals surface area contributed by atoms with Crippen LogP contribution in [0.3, 0.4) is 0 Å². The maximum absolute atomic E-state index is 12.9. The van der Waals surface area contributed by atoms with Gasteiger partial charge in [0, 0.05) is 30.7 Å². The van der Waals surface area contributed by atoms with Gasteiger partial charge in [-0.3, -0.25) is 9.59 Å². The molecule has 0 aromatic heterocycles. The standard InChI is InChI=1S/C18H23Cl2N3O4S/c1-28(26,27)22-9-6-13(7-10-22)21-17(24)16-3-2-8-23(16)18(25)14-11-12(19)4-5-15(14)20/h4-5,11,13,16H,2-3,6-10H2,1H3,(H,21,24). The number of halogens is 2. The van der Waals surface area contributed by atoms with Crippen molar-refractivity contribution in [2.45, 2.75) is 37.8 Å². The van der Waals surface area contributed by atoms with E-state index in [4.69, 9.17) is 23.2 Å². The molecule has 2 amide bonds. The Hall–Kier alpha value is -1.35. The number of carbonyl (C=O) groups is 2. The normalized spacial score (nSPS) is 21.7. The molecule has 10 heteroatoms. The fourth-order valence-corrected chi connectivity index (χ4v) is 4.97. The second-order valence-corrected chi connectivity index (χ2v) is 10.1. The van der Waals surface area contributed by atoms with Gasteiger partial charge in [-0.05, 0) is 43.9 Å². The second-order valence-electron chi connectivity index (χ2n) is 7.23. The molecule has 1 aromatic rings. The van der Waals surface area contributed by atoms with E-state index >= 15 is 0 Å². The summed E-state index contributed by atoms with van der Waals surface area (Å²) in [6, 6.07) is 4.03. The molecule has 3 rings (SSSR count). The summed E-state index contributed by atoms with van der Waals surface area (Å²) in [4.78, 5) is 27.2. The van der Waals surface area contributed by atoms with Crippen molar-refractivity contribution >= 4 is 45.0 Å². The highest BCUT2D eigenvalue weighted by Gasteiger charge is 2.36. The molecule has 154 valence electrons. The SMILES string of the molecule is CS(=O)(=O)N1CCC(NC(=O)C2CCCN2C(=O)c2cc(Cl)ccc2Cl)CC1. The third-order valence-corrected chi connectivity index (χ3v) is 7.11. The maximum atomic E-state index is 12.9. The minimum absolute atomic E-state index is 0.0993. The summed E-state index contributed by atoms with van der Waals surface area (Å²) in [5.41, 5.74) is 0.287. The van der Waals surface area contributed by atoms with Crippen molar-refractivity contribution < 1.29 is 18.0 Å². The van der Waals surface area contributed by atoms with E-state index in [9.17, 15) is 18.0 Å². The van der Waals surface area contributed by atoms with Crippen LogP contribution in [-0.4, -0.2) is 67.4 Å². The average molecular weight is 448 g/mol. The Kier molecular flexibility index (Phi) is 6.54. The second kappa shape index (κ2) is 8.57. The summed E-state index contributed by atoms with van der Waals surface area (Å²) in [6.45, 7) is 1.25. The van der Waals surface area contributed by atoms with Gasteiger partial charge in [0.1, 0.15) is 6.04 Å².